The Balaban J connectivity index is 1.42. The van der Waals surface area contributed by atoms with E-state index in [9.17, 15) is 14.4 Å². The van der Waals surface area contributed by atoms with Gasteiger partial charge in [-0.1, -0.05) is 36.9 Å². The van der Waals surface area contributed by atoms with Crippen LogP contribution in [0.5, 0.6) is 0 Å². The number of aromatic nitrogens is 5. The fourth-order valence-electron chi connectivity index (χ4n) is 5.54. The van der Waals surface area contributed by atoms with Crippen molar-refractivity contribution in [3.8, 4) is 16.8 Å². The number of tetrazole rings is 1. The number of carbonyl (C=O) groups is 3. The summed E-state index contributed by atoms with van der Waals surface area (Å²) in [4.78, 5) is 43.5. The van der Waals surface area contributed by atoms with Gasteiger partial charge in [0.25, 0.3) is 0 Å². The molecule has 3 N–H and O–H groups in total. The third-order valence-corrected chi connectivity index (χ3v) is 8.17. The molecule has 14 nitrogen and oxygen atoms in total. The number of methoxy groups -OCH3 is 1. The first-order chi connectivity index (χ1) is 24.3. The minimum Gasteiger partial charge on any atom is -0.464 e. The van der Waals surface area contributed by atoms with Gasteiger partial charge in [-0.15, -0.1) is 5.10 Å². The van der Waals surface area contributed by atoms with Gasteiger partial charge in [-0.25, -0.2) is 9.59 Å². The van der Waals surface area contributed by atoms with E-state index in [-0.39, 0.29) is 31.7 Å². The lowest BCUT2D eigenvalue weighted by Crippen LogP contribution is -2.31. The highest BCUT2D eigenvalue weighted by molar-refractivity contribution is 6.30. The number of benzene rings is 2. The smallest absolute Gasteiger partial charge is 0.411 e. The van der Waals surface area contributed by atoms with Crippen LogP contribution in [0.4, 0.5) is 16.2 Å². The molecule has 5 rings (SSSR count). The summed E-state index contributed by atoms with van der Waals surface area (Å²) in [5, 5.41) is 21.1. The maximum absolute atomic E-state index is 13.4. The Morgan fingerprint density at radius 3 is 2.70 bits per heavy atom. The zero-order valence-corrected chi connectivity index (χ0v) is 28.6. The molecule has 0 aliphatic carbocycles. The molecule has 1 aliphatic heterocycles. The van der Waals surface area contributed by atoms with Crippen molar-refractivity contribution in [1.82, 2.24) is 30.5 Å². The van der Waals surface area contributed by atoms with Crippen molar-refractivity contribution in [3.05, 3.63) is 83.4 Å². The Morgan fingerprint density at radius 1 is 1.04 bits per heavy atom. The first-order valence-corrected chi connectivity index (χ1v) is 16.7. The average Bonchev–Trinajstić information content (AvgIpc) is 3.65. The number of amides is 2. The molecule has 2 bridgehead atoms. The predicted molar refractivity (Wildman–Crippen MR) is 188 cm³/mol. The molecule has 15 heteroatoms. The van der Waals surface area contributed by atoms with E-state index in [1.807, 2.05) is 18.2 Å². The van der Waals surface area contributed by atoms with Gasteiger partial charge in [-0.05, 0) is 84.3 Å². The van der Waals surface area contributed by atoms with E-state index in [1.165, 1.54) is 24.2 Å². The second kappa shape index (κ2) is 17.9. The molecule has 4 aromatic rings. The molecule has 2 aromatic carbocycles. The molecule has 0 unspecified atom stereocenters. The Kier molecular flexibility index (Phi) is 12.9. The fourth-order valence-corrected chi connectivity index (χ4v) is 5.72. The Bertz CT molecular complexity index is 1800. The van der Waals surface area contributed by atoms with Crippen molar-refractivity contribution in [2.45, 2.75) is 51.1 Å². The predicted octanol–water partition coefficient (Wildman–Crippen LogP) is 5.75. The van der Waals surface area contributed by atoms with Gasteiger partial charge in [0.2, 0.25) is 5.91 Å². The van der Waals surface area contributed by atoms with Crippen LogP contribution in [0.25, 0.3) is 22.9 Å². The van der Waals surface area contributed by atoms with E-state index < -0.39 is 18.2 Å². The van der Waals surface area contributed by atoms with Crippen LogP contribution < -0.4 is 16.0 Å². The zero-order valence-electron chi connectivity index (χ0n) is 27.8. The van der Waals surface area contributed by atoms with Crippen LogP contribution in [0.15, 0.2) is 67.1 Å². The topological polar surface area (TPSA) is 171 Å². The maximum atomic E-state index is 13.4. The standard InChI is InChI=1S/C35H39ClN8O6/c1-3-49-34(46)29-8-6-4-5-7-28(41-33(45)14-9-24-19-25(36)10-13-32(24)44-22-38-42-43-44)31-20-23(15-16-37-31)27-12-11-26(21-30(27)40-29)39-35(47)50-18-17-48-2/h9-16,19-22,28-29,40H,3-8,17-18H2,1-2H3,(H,39,47)(H,41,45)/b14-9+/t28-,29-/m0/s1. The molecule has 0 fully saturated rings. The second-order valence-corrected chi connectivity index (χ2v) is 11.9. The fraction of sp³-hybridized carbons (Fsp3) is 0.343. The number of ether oxygens (including phenoxy) is 3. The molecule has 1 aliphatic rings. The minimum absolute atomic E-state index is 0.103. The van der Waals surface area contributed by atoms with Crippen molar-refractivity contribution >= 4 is 47.0 Å². The molecule has 0 saturated heterocycles. The molecule has 0 saturated carbocycles. The number of nitrogens with one attached hydrogen (secondary N) is 3. The number of carbonyl (C=O) groups excluding carboxylic acids is 3. The van der Waals surface area contributed by atoms with Gasteiger partial charge in [0.1, 0.15) is 19.0 Å². The minimum atomic E-state index is -0.630. The summed E-state index contributed by atoms with van der Waals surface area (Å²) in [5.74, 6) is -0.673. The Hall–Kier alpha value is -5.34. The molecule has 2 amide bonds. The van der Waals surface area contributed by atoms with Crippen molar-refractivity contribution in [1.29, 1.82) is 0 Å². The molecule has 2 aromatic heterocycles. The lowest BCUT2D eigenvalue weighted by Gasteiger charge is -2.21. The maximum Gasteiger partial charge on any atom is 0.411 e. The van der Waals surface area contributed by atoms with Crippen LogP contribution in [0, 0.1) is 0 Å². The summed E-state index contributed by atoms with van der Waals surface area (Å²) in [5.41, 5.74) is 4.65. The number of hydrogen-bond acceptors (Lipinski definition) is 11. The third kappa shape index (κ3) is 9.86. The first kappa shape index (κ1) is 36.0. The van der Waals surface area contributed by atoms with Crippen LogP contribution in [0.1, 0.15) is 56.3 Å². The Morgan fingerprint density at radius 2 is 1.90 bits per heavy atom. The number of fused-ring (bicyclic) bond motifs is 4. The van der Waals surface area contributed by atoms with Crippen molar-refractivity contribution in [3.63, 3.8) is 0 Å². The number of esters is 1. The van der Waals surface area contributed by atoms with Crippen molar-refractivity contribution in [2.24, 2.45) is 0 Å². The first-order valence-electron chi connectivity index (χ1n) is 16.3. The number of rotatable bonds is 10. The van der Waals surface area contributed by atoms with Crippen LogP contribution >= 0.6 is 11.6 Å². The van der Waals surface area contributed by atoms with Gasteiger partial charge in [0.05, 0.1) is 30.6 Å². The summed E-state index contributed by atoms with van der Waals surface area (Å²) in [6.45, 7) is 2.39. The highest BCUT2D eigenvalue weighted by atomic mass is 35.5. The monoisotopic (exact) mass is 702 g/mol. The highest BCUT2D eigenvalue weighted by Crippen LogP contribution is 2.34. The quantitative estimate of drug-likeness (QED) is 0.104. The normalized spacial score (nSPS) is 16.1. The summed E-state index contributed by atoms with van der Waals surface area (Å²) >= 11 is 6.26. The lowest BCUT2D eigenvalue weighted by atomic mass is 9.99. The molecule has 0 spiro atoms. The van der Waals surface area contributed by atoms with Crippen LogP contribution in [-0.2, 0) is 23.8 Å². The highest BCUT2D eigenvalue weighted by Gasteiger charge is 2.23. The SMILES string of the molecule is CCOC(=O)[C@@H]1CCCCC[C@H](NC(=O)/C=C/c2cc(Cl)ccc2-n2cnnn2)c2cc(ccn2)-c2ccc(NC(=O)OCCOC)cc2N1. The molecule has 0 radical (unpaired) electrons. The Labute approximate surface area is 294 Å². The number of hydrogen-bond donors (Lipinski definition) is 3. The van der Waals surface area contributed by atoms with Crippen molar-refractivity contribution in [2.75, 3.05) is 37.6 Å². The number of halogens is 1. The van der Waals surface area contributed by atoms with E-state index >= 15 is 0 Å². The summed E-state index contributed by atoms with van der Waals surface area (Å²) in [6.07, 6.45) is 9.10. The largest absolute Gasteiger partial charge is 0.464 e. The van der Waals surface area contributed by atoms with E-state index in [0.717, 1.165) is 30.4 Å². The second-order valence-electron chi connectivity index (χ2n) is 11.4. The van der Waals surface area contributed by atoms with E-state index in [4.69, 9.17) is 25.8 Å². The number of nitrogens with zero attached hydrogens (tertiary/aromatic N) is 5. The van der Waals surface area contributed by atoms with Crippen molar-refractivity contribution < 1.29 is 28.6 Å². The third-order valence-electron chi connectivity index (χ3n) is 7.94. The van der Waals surface area contributed by atoms with E-state index in [2.05, 4.69) is 36.5 Å². The zero-order chi connectivity index (χ0) is 35.3. The molecule has 50 heavy (non-hydrogen) atoms. The van der Waals surface area contributed by atoms with Gasteiger partial charge in [-0.2, -0.15) is 4.68 Å². The van der Waals surface area contributed by atoms with E-state index in [0.29, 0.717) is 46.2 Å². The van der Waals surface area contributed by atoms with Gasteiger partial charge in [-0.3, -0.25) is 15.1 Å². The lowest BCUT2D eigenvalue weighted by molar-refractivity contribution is -0.144. The molecular weight excluding hydrogens is 664 g/mol. The van der Waals surface area contributed by atoms with E-state index in [1.54, 1.807) is 49.5 Å². The van der Waals surface area contributed by atoms with Gasteiger partial charge in [0.15, 0.2) is 0 Å². The summed E-state index contributed by atoms with van der Waals surface area (Å²) in [7, 11) is 1.52. The molecule has 2 atom stereocenters. The summed E-state index contributed by atoms with van der Waals surface area (Å²) < 4.78 is 17.0. The average molecular weight is 703 g/mol. The van der Waals surface area contributed by atoms with Gasteiger partial charge >= 0.3 is 12.1 Å². The van der Waals surface area contributed by atoms with Crippen LogP contribution in [0.3, 0.4) is 0 Å². The molecule has 3 heterocycles. The number of anilines is 2. The van der Waals surface area contributed by atoms with Crippen LogP contribution in [0.2, 0.25) is 5.02 Å². The van der Waals surface area contributed by atoms with Crippen LogP contribution in [-0.4, -0.2) is 76.1 Å². The number of pyridine rings is 1. The molecular formula is C35H39ClN8O6. The van der Waals surface area contributed by atoms with Gasteiger partial charge in [0, 0.05) is 46.9 Å². The van der Waals surface area contributed by atoms with Gasteiger partial charge < -0.3 is 24.8 Å². The summed E-state index contributed by atoms with van der Waals surface area (Å²) in [6, 6.07) is 13.3. The molecule has 262 valence electrons.